The third-order valence-corrected chi connectivity index (χ3v) is 2.15. The zero-order valence-electron chi connectivity index (χ0n) is 8.48. The molecule has 0 aliphatic carbocycles. The van der Waals surface area contributed by atoms with Gasteiger partial charge in [0.05, 0.1) is 12.1 Å². The van der Waals surface area contributed by atoms with Crippen LogP contribution in [0.5, 0.6) is 0 Å². The molecule has 0 amide bonds. The number of aromatic nitrogens is 2. The lowest BCUT2D eigenvalue weighted by molar-refractivity contribution is -0.144. The molecule has 1 rings (SSSR count). The van der Waals surface area contributed by atoms with Crippen molar-refractivity contribution in [2.75, 3.05) is 0 Å². The Labute approximate surface area is 91.0 Å². The van der Waals surface area contributed by atoms with Gasteiger partial charge in [-0.2, -0.15) is 18.3 Å². The summed E-state index contributed by atoms with van der Waals surface area (Å²) in [5.74, 6) is -0.0680. The van der Waals surface area contributed by atoms with Crippen LogP contribution in [0.15, 0.2) is 6.20 Å². The monoisotopic (exact) mass is 240 g/mol. The van der Waals surface area contributed by atoms with E-state index in [1.165, 1.54) is 6.20 Å². The summed E-state index contributed by atoms with van der Waals surface area (Å²) in [4.78, 5) is 0. The molecular formula is C9H12ClF3N2. The van der Waals surface area contributed by atoms with Crippen LogP contribution in [0, 0.1) is 5.92 Å². The summed E-state index contributed by atoms with van der Waals surface area (Å²) in [6, 6.07) is 0. The Bertz CT molecular complexity index is 331. The van der Waals surface area contributed by atoms with Crippen LogP contribution in [0.2, 0.25) is 0 Å². The Balaban J connectivity index is 3.12. The molecule has 1 aromatic rings. The van der Waals surface area contributed by atoms with Gasteiger partial charge in [0.15, 0.2) is 0 Å². The van der Waals surface area contributed by atoms with E-state index in [9.17, 15) is 13.2 Å². The maximum atomic E-state index is 12.7. The first-order chi connectivity index (χ1) is 6.86. The van der Waals surface area contributed by atoms with Crippen molar-refractivity contribution in [2.24, 2.45) is 5.92 Å². The molecular weight excluding hydrogens is 229 g/mol. The SMILES string of the molecule is CC(C)Cn1ncc(CCl)c1C(F)(F)F. The molecule has 2 nitrogen and oxygen atoms in total. The van der Waals surface area contributed by atoms with Gasteiger partial charge in [0.1, 0.15) is 5.69 Å². The zero-order chi connectivity index (χ0) is 11.6. The highest BCUT2D eigenvalue weighted by molar-refractivity contribution is 6.17. The Kier molecular flexibility index (Phi) is 3.65. The average molecular weight is 241 g/mol. The van der Waals surface area contributed by atoms with Crippen molar-refractivity contribution in [2.45, 2.75) is 32.4 Å². The summed E-state index contributed by atoms with van der Waals surface area (Å²) in [7, 11) is 0. The summed E-state index contributed by atoms with van der Waals surface area (Å²) >= 11 is 5.43. The number of hydrogen-bond donors (Lipinski definition) is 0. The number of nitrogens with zero attached hydrogens (tertiary/aromatic N) is 2. The summed E-state index contributed by atoms with van der Waals surface area (Å²) in [6.07, 6.45) is -3.21. The molecule has 0 aliphatic rings. The van der Waals surface area contributed by atoms with Crippen LogP contribution in [0.4, 0.5) is 13.2 Å². The number of halogens is 4. The molecule has 0 saturated carbocycles. The lowest BCUT2D eigenvalue weighted by Crippen LogP contribution is -2.18. The standard InChI is InChI=1S/C9H12ClF3N2/c1-6(2)5-15-8(9(11,12)13)7(3-10)4-14-15/h4,6H,3,5H2,1-2H3. The molecule has 0 N–H and O–H groups in total. The smallest absolute Gasteiger partial charge is 0.260 e. The van der Waals surface area contributed by atoms with Crippen molar-refractivity contribution in [3.8, 4) is 0 Å². The van der Waals surface area contributed by atoms with Crippen molar-refractivity contribution in [3.63, 3.8) is 0 Å². The van der Waals surface area contributed by atoms with Gasteiger partial charge in [0.25, 0.3) is 0 Å². The largest absolute Gasteiger partial charge is 0.433 e. The topological polar surface area (TPSA) is 17.8 Å². The van der Waals surface area contributed by atoms with Crippen LogP contribution >= 0.6 is 11.6 Å². The van der Waals surface area contributed by atoms with E-state index in [4.69, 9.17) is 11.6 Å². The summed E-state index contributed by atoms with van der Waals surface area (Å²) in [5.41, 5.74) is -0.698. The average Bonchev–Trinajstić information content (AvgIpc) is 2.45. The van der Waals surface area contributed by atoms with Gasteiger partial charge in [0, 0.05) is 12.1 Å². The maximum Gasteiger partial charge on any atom is 0.433 e. The van der Waals surface area contributed by atoms with Crippen molar-refractivity contribution in [3.05, 3.63) is 17.5 Å². The molecule has 0 atom stereocenters. The minimum Gasteiger partial charge on any atom is -0.260 e. The van der Waals surface area contributed by atoms with Gasteiger partial charge in [0.2, 0.25) is 0 Å². The zero-order valence-corrected chi connectivity index (χ0v) is 9.23. The van der Waals surface area contributed by atoms with Crippen LogP contribution in [0.3, 0.4) is 0 Å². The predicted molar refractivity (Wildman–Crippen MR) is 51.6 cm³/mol. The molecule has 0 fully saturated rings. The Morgan fingerprint density at radius 2 is 2.07 bits per heavy atom. The van der Waals surface area contributed by atoms with Gasteiger partial charge in [-0.05, 0) is 5.92 Å². The van der Waals surface area contributed by atoms with E-state index in [0.29, 0.717) is 0 Å². The Hall–Kier alpha value is -0.710. The summed E-state index contributed by atoms with van der Waals surface area (Å²) in [5, 5.41) is 3.71. The molecule has 1 aromatic heterocycles. The number of hydrogen-bond acceptors (Lipinski definition) is 1. The lowest BCUT2D eigenvalue weighted by atomic mass is 10.2. The number of alkyl halides is 4. The van der Waals surface area contributed by atoms with Gasteiger partial charge in [-0.15, -0.1) is 11.6 Å². The molecule has 0 saturated heterocycles. The molecule has 0 unspecified atom stereocenters. The van der Waals surface area contributed by atoms with Crippen molar-refractivity contribution in [1.82, 2.24) is 9.78 Å². The number of rotatable bonds is 3. The Morgan fingerprint density at radius 1 is 1.47 bits per heavy atom. The van der Waals surface area contributed by atoms with Gasteiger partial charge in [-0.1, -0.05) is 13.8 Å². The van der Waals surface area contributed by atoms with Crippen molar-refractivity contribution in [1.29, 1.82) is 0 Å². The molecule has 15 heavy (non-hydrogen) atoms. The first kappa shape index (κ1) is 12.4. The Morgan fingerprint density at radius 3 is 2.47 bits per heavy atom. The first-order valence-electron chi connectivity index (χ1n) is 4.54. The third-order valence-electron chi connectivity index (χ3n) is 1.87. The van der Waals surface area contributed by atoms with Crippen LogP contribution in [0.1, 0.15) is 25.1 Å². The molecule has 0 radical (unpaired) electrons. The molecule has 6 heteroatoms. The van der Waals surface area contributed by atoms with Crippen molar-refractivity contribution >= 4 is 11.6 Å². The van der Waals surface area contributed by atoms with E-state index in [1.54, 1.807) is 0 Å². The second kappa shape index (κ2) is 4.43. The molecule has 1 heterocycles. The van der Waals surface area contributed by atoms with Gasteiger partial charge in [-0.25, -0.2) is 0 Å². The molecule has 0 bridgehead atoms. The molecule has 0 spiro atoms. The highest BCUT2D eigenvalue weighted by Crippen LogP contribution is 2.32. The van der Waals surface area contributed by atoms with Crippen LogP contribution in [-0.2, 0) is 18.6 Å². The second-order valence-electron chi connectivity index (χ2n) is 3.73. The fraction of sp³-hybridized carbons (Fsp3) is 0.667. The fourth-order valence-corrected chi connectivity index (χ4v) is 1.53. The van der Waals surface area contributed by atoms with E-state index in [-0.39, 0.29) is 23.9 Å². The van der Waals surface area contributed by atoms with E-state index in [1.807, 2.05) is 13.8 Å². The van der Waals surface area contributed by atoms with E-state index >= 15 is 0 Å². The van der Waals surface area contributed by atoms with Gasteiger partial charge in [-0.3, -0.25) is 4.68 Å². The van der Waals surface area contributed by atoms with Gasteiger partial charge >= 0.3 is 6.18 Å². The quantitative estimate of drug-likeness (QED) is 0.742. The molecule has 0 aliphatic heterocycles. The summed E-state index contributed by atoms with van der Waals surface area (Å²) in [6.45, 7) is 3.91. The van der Waals surface area contributed by atoms with E-state index < -0.39 is 11.9 Å². The van der Waals surface area contributed by atoms with E-state index in [0.717, 1.165) is 4.68 Å². The predicted octanol–water partition coefficient (Wildman–Crippen LogP) is 3.30. The third kappa shape index (κ3) is 2.87. The lowest BCUT2D eigenvalue weighted by Gasteiger charge is -2.13. The minimum atomic E-state index is -4.39. The maximum absolute atomic E-state index is 12.7. The minimum absolute atomic E-state index is 0.0322. The highest BCUT2D eigenvalue weighted by Gasteiger charge is 2.37. The highest BCUT2D eigenvalue weighted by atomic mass is 35.5. The first-order valence-corrected chi connectivity index (χ1v) is 5.07. The molecule has 86 valence electrons. The fourth-order valence-electron chi connectivity index (χ4n) is 1.33. The summed E-state index contributed by atoms with van der Waals surface area (Å²) < 4.78 is 39.0. The van der Waals surface area contributed by atoms with E-state index in [2.05, 4.69) is 5.10 Å². The van der Waals surface area contributed by atoms with Gasteiger partial charge < -0.3 is 0 Å². The normalized spacial score (nSPS) is 12.5. The molecule has 0 aromatic carbocycles. The second-order valence-corrected chi connectivity index (χ2v) is 3.99. The van der Waals surface area contributed by atoms with Crippen LogP contribution in [0.25, 0.3) is 0 Å². The van der Waals surface area contributed by atoms with Crippen molar-refractivity contribution < 1.29 is 13.2 Å². The van der Waals surface area contributed by atoms with Crippen LogP contribution in [-0.4, -0.2) is 9.78 Å². The van der Waals surface area contributed by atoms with Crippen LogP contribution < -0.4 is 0 Å².